The van der Waals surface area contributed by atoms with Crippen molar-refractivity contribution in [3.8, 4) is 0 Å². The molecule has 2 heteroatoms. The van der Waals surface area contributed by atoms with Gasteiger partial charge in [-0.3, -0.25) is 0 Å². The lowest BCUT2D eigenvalue weighted by Crippen LogP contribution is -2.49. The van der Waals surface area contributed by atoms with Gasteiger partial charge in [0, 0.05) is 6.61 Å². The third-order valence-corrected chi connectivity index (χ3v) is 5.41. The van der Waals surface area contributed by atoms with Crippen LogP contribution in [0.3, 0.4) is 0 Å². The molecule has 98 valence electrons. The second-order valence-corrected chi connectivity index (χ2v) is 6.53. The van der Waals surface area contributed by atoms with E-state index in [1.165, 1.54) is 51.4 Å². The van der Waals surface area contributed by atoms with E-state index in [4.69, 9.17) is 4.74 Å². The summed E-state index contributed by atoms with van der Waals surface area (Å²) >= 11 is 0. The van der Waals surface area contributed by atoms with Gasteiger partial charge in [0.05, 0.1) is 11.7 Å². The van der Waals surface area contributed by atoms with Gasteiger partial charge in [0.2, 0.25) is 0 Å². The maximum absolute atomic E-state index is 10.6. The van der Waals surface area contributed by atoms with Crippen molar-refractivity contribution >= 4 is 0 Å². The van der Waals surface area contributed by atoms with Crippen LogP contribution < -0.4 is 0 Å². The first-order chi connectivity index (χ1) is 8.29. The van der Waals surface area contributed by atoms with Crippen LogP contribution in [0.2, 0.25) is 0 Å². The van der Waals surface area contributed by atoms with E-state index in [1.807, 2.05) is 0 Å². The quantitative estimate of drug-likeness (QED) is 0.800. The van der Waals surface area contributed by atoms with Gasteiger partial charge < -0.3 is 9.84 Å². The summed E-state index contributed by atoms with van der Waals surface area (Å²) in [5, 5.41) is 10.6. The Balaban J connectivity index is 1.58. The number of aliphatic hydroxyl groups is 1. The molecule has 0 amide bonds. The van der Waals surface area contributed by atoms with Crippen LogP contribution >= 0.6 is 0 Å². The van der Waals surface area contributed by atoms with Crippen molar-refractivity contribution in [1.29, 1.82) is 0 Å². The molecule has 2 unspecified atom stereocenters. The summed E-state index contributed by atoms with van der Waals surface area (Å²) in [7, 11) is 0. The van der Waals surface area contributed by atoms with Crippen molar-refractivity contribution in [3.05, 3.63) is 0 Å². The van der Waals surface area contributed by atoms with Gasteiger partial charge in [0.15, 0.2) is 0 Å². The fraction of sp³-hybridized carbons (Fsp3) is 1.00. The van der Waals surface area contributed by atoms with E-state index in [9.17, 15) is 5.11 Å². The molecule has 0 aromatic heterocycles. The van der Waals surface area contributed by atoms with Crippen LogP contribution in [0.25, 0.3) is 0 Å². The summed E-state index contributed by atoms with van der Waals surface area (Å²) in [6.45, 7) is 0.883. The summed E-state index contributed by atoms with van der Waals surface area (Å²) in [5.74, 6) is 1.11. The highest BCUT2D eigenvalue weighted by Crippen LogP contribution is 2.46. The Kier molecular flexibility index (Phi) is 3.45. The van der Waals surface area contributed by atoms with Crippen molar-refractivity contribution < 1.29 is 9.84 Å². The first-order valence-electron chi connectivity index (χ1n) is 7.61. The zero-order chi connectivity index (χ0) is 11.7. The summed E-state index contributed by atoms with van der Waals surface area (Å²) in [6, 6.07) is 0. The maximum atomic E-state index is 10.6. The Labute approximate surface area is 105 Å². The minimum Gasteiger partial charge on any atom is -0.393 e. The van der Waals surface area contributed by atoms with Crippen LogP contribution in [0.4, 0.5) is 0 Å². The van der Waals surface area contributed by atoms with Gasteiger partial charge >= 0.3 is 0 Å². The fourth-order valence-corrected chi connectivity index (χ4v) is 4.14. The van der Waals surface area contributed by atoms with Crippen molar-refractivity contribution in [1.82, 2.24) is 0 Å². The summed E-state index contributed by atoms with van der Waals surface area (Å²) < 4.78 is 5.96. The molecule has 3 fully saturated rings. The molecule has 2 nitrogen and oxygen atoms in total. The summed E-state index contributed by atoms with van der Waals surface area (Å²) in [4.78, 5) is 0. The van der Waals surface area contributed by atoms with Crippen LogP contribution in [-0.2, 0) is 4.74 Å². The van der Waals surface area contributed by atoms with Gasteiger partial charge in [-0.05, 0) is 56.8 Å². The topological polar surface area (TPSA) is 29.5 Å². The van der Waals surface area contributed by atoms with Gasteiger partial charge in [0.1, 0.15) is 0 Å². The zero-order valence-electron chi connectivity index (χ0n) is 10.9. The molecule has 2 atom stereocenters. The van der Waals surface area contributed by atoms with Crippen LogP contribution in [0.5, 0.6) is 0 Å². The minimum absolute atomic E-state index is 0.0447. The second kappa shape index (κ2) is 4.89. The average molecular weight is 238 g/mol. The Morgan fingerprint density at radius 1 is 0.941 bits per heavy atom. The average Bonchev–Trinajstić information content (AvgIpc) is 2.37. The molecule has 17 heavy (non-hydrogen) atoms. The first kappa shape index (κ1) is 12.0. The Bertz CT molecular complexity index is 254. The van der Waals surface area contributed by atoms with Crippen molar-refractivity contribution in [3.63, 3.8) is 0 Å². The SMILES string of the molecule is OC(C1CCCCC1)C1CCOC2(CCC2)C1. The highest BCUT2D eigenvalue weighted by molar-refractivity contribution is 4.96. The van der Waals surface area contributed by atoms with Gasteiger partial charge in [-0.2, -0.15) is 0 Å². The van der Waals surface area contributed by atoms with E-state index in [-0.39, 0.29) is 11.7 Å². The number of aliphatic hydroxyl groups excluding tert-OH is 1. The molecule has 1 heterocycles. The van der Waals surface area contributed by atoms with E-state index < -0.39 is 0 Å². The highest BCUT2D eigenvalue weighted by Gasteiger charge is 2.45. The molecule has 0 radical (unpaired) electrons. The molecule has 1 aliphatic heterocycles. The van der Waals surface area contributed by atoms with Crippen LogP contribution in [-0.4, -0.2) is 23.4 Å². The van der Waals surface area contributed by atoms with Crippen molar-refractivity contribution in [2.24, 2.45) is 11.8 Å². The molecular weight excluding hydrogens is 212 g/mol. The van der Waals surface area contributed by atoms with Crippen LogP contribution in [0, 0.1) is 11.8 Å². The number of hydrogen-bond acceptors (Lipinski definition) is 2. The van der Waals surface area contributed by atoms with Crippen LogP contribution in [0.15, 0.2) is 0 Å². The maximum Gasteiger partial charge on any atom is 0.0686 e. The van der Waals surface area contributed by atoms with E-state index in [0.29, 0.717) is 11.8 Å². The monoisotopic (exact) mass is 238 g/mol. The standard InChI is InChI=1S/C15H26O2/c16-14(12-5-2-1-3-6-12)13-7-10-17-15(11-13)8-4-9-15/h12-14,16H,1-11H2. The molecule has 3 rings (SSSR count). The third kappa shape index (κ3) is 2.39. The molecule has 0 bridgehead atoms. The third-order valence-electron chi connectivity index (χ3n) is 5.41. The first-order valence-corrected chi connectivity index (χ1v) is 7.61. The Morgan fingerprint density at radius 2 is 1.71 bits per heavy atom. The van der Waals surface area contributed by atoms with E-state index >= 15 is 0 Å². The summed E-state index contributed by atoms with van der Waals surface area (Å²) in [6.07, 6.45) is 12.5. The number of hydrogen-bond donors (Lipinski definition) is 1. The molecule has 1 N–H and O–H groups in total. The molecular formula is C15H26O2. The molecule has 3 aliphatic rings. The molecule has 1 saturated heterocycles. The Morgan fingerprint density at radius 3 is 2.35 bits per heavy atom. The predicted octanol–water partition coefficient (Wildman–Crippen LogP) is 3.28. The normalized spacial score (nSPS) is 35.5. The predicted molar refractivity (Wildman–Crippen MR) is 67.8 cm³/mol. The van der Waals surface area contributed by atoms with E-state index in [2.05, 4.69) is 0 Å². The minimum atomic E-state index is -0.0447. The van der Waals surface area contributed by atoms with Gasteiger partial charge in [-0.15, -0.1) is 0 Å². The second-order valence-electron chi connectivity index (χ2n) is 6.53. The summed E-state index contributed by atoms with van der Waals surface area (Å²) in [5.41, 5.74) is 0.193. The fourth-order valence-electron chi connectivity index (χ4n) is 4.14. The Hall–Kier alpha value is -0.0800. The number of ether oxygens (including phenoxy) is 1. The lowest BCUT2D eigenvalue weighted by molar-refractivity contribution is -0.162. The smallest absolute Gasteiger partial charge is 0.0686 e. The molecule has 1 spiro atoms. The lowest BCUT2D eigenvalue weighted by Gasteiger charge is -2.49. The van der Waals surface area contributed by atoms with Crippen LogP contribution in [0.1, 0.15) is 64.2 Å². The highest BCUT2D eigenvalue weighted by atomic mass is 16.5. The van der Waals surface area contributed by atoms with E-state index in [0.717, 1.165) is 19.4 Å². The van der Waals surface area contributed by atoms with Gasteiger partial charge in [-0.25, -0.2) is 0 Å². The molecule has 0 aromatic carbocycles. The molecule has 0 aromatic rings. The van der Waals surface area contributed by atoms with Gasteiger partial charge in [-0.1, -0.05) is 19.3 Å². The lowest BCUT2D eigenvalue weighted by atomic mass is 9.68. The van der Waals surface area contributed by atoms with Crippen molar-refractivity contribution in [2.45, 2.75) is 75.9 Å². The van der Waals surface area contributed by atoms with Gasteiger partial charge in [0.25, 0.3) is 0 Å². The van der Waals surface area contributed by atoms with Crippen molar-refractivity contribution in [2.75, 3.05) is 6.61 Å². The zero-order valence-corrected chi connectivity index (χ0v) is 10.9. The largest absolute Gasteiger partial charge is 0.393 e. The molecule has 2 saturated carbocycles. The van der Waals surface area contributed by atoms with E-state index in [1.54, 1.807) is 0 Å². The molecule has 2 aliphatic carbocycles. The number of rotatable bonds is 2.